The van der Waals surface area contributed by atoms with Crippen molar-refractivity contribution in [1.82, 2.24) is 14.6 Å². The average Bonchev–Trinajstić information content (AvgIpc) is 3.11. The van der Waals surface area contributed by atoms with E-state index in [0.29, 0.717) is 9.39 Å². The van der Waals surface area contributed by atoms with Gasteiger partial charge in [-0.1, -0.05) is 6.92 Å². The van der Waals surface area contributed by atoms with E-state index in [-0.39, 0.29) is 11.3 Å². The van der Waals surface area contributed by atoms with Gasteiger partial charge >= 0.3 is 12.1 Å². The first-order valence-corrected chi connectivity index (χ1v) is 7.41. The quantitative estimate of drug-likeness (QED) is 0.788. The van der Waals surface area contributed by atoms with Gasteiger partial charge in [-0.15, -0.1) is 11.3 Å². The van der Waals surface area contributed by atoms with E-state index in [4.69, 9.17) is 5.11 Å². The fourth-order valence-electron chi connectivity index (χ4n) is 2.11. The number of aromatic nitrogens is 3. The molecule has 0 amide bonds. The van der Waals surface area contributed by atoms with Crippen molar-refractivity contribution in [2.45, 2.75) is 19.5 Å². The maximum atomic E-state index is 13.3. The molecule has 23 heavy (non-hydrogen) atoms. The lowest BCUT2D eigenvalue weighted by molar-refractivity contribution is -0.142. The number of carboxylic acids is 1. The van der Waals surface area contributed by atoms with Crippen molar-refractivity contribution in [3.63, 3.8) is 0 Å². The molecule has 3 aromatic rings. The van der Waals surface area contributed by atoms with E-state index in [0.717, 1.165) is 23.4 Å². The zero-order valence-corrected chi connectivity index (χ0v) is 12.6. The normalized spacial score (nSPS) is 12.0. The molecule has 0 radical (unpaired) electrons. The predicted octanol–water partition coefficient (Wildman–Crippen LogP) is 3.74. The summed E-state index contributed by atoms with van der Waals surface area (Å²) in [5.41, 5.74) is -1.55. The highest BCUT2D eigenvalue weighted by atomic mass is 32.1. The summed E-state index contributed by atoms with van der Waals surface area (Å²) >= 11 is 1.35. The van der Waals surface area contributed by atoms with Crippen molar-refractivity contribution in [3.05, 3.63) is 40.5 Å². The van der Waals surface area contributed by atoms with Crippen molar-refractivity contribution in [2.75, 3.05) is 0 Å². The van der Waals surface area contributed by atoms with Gasteiger partial charge in [0.25, 0.3) is 0 Å². The Morgan fingerprint density at radius 3 is 2.65 bits per heavy atom. The third kappa shape index (κ3) is 2.79. The van der Waals surface area contributed by atoms with Gasteiger partial charge in [0.2, 0.25) is 0 Å². The Morgan fingerprint density at radius 1 is 1.35 bits per heavy atom. The monoisotopic (exact) mass is 341 g/mol. The summed E-state index contributed by atoms with van der Waals surface area (Å²) in [4.78, 5) is 16.7. The lowest BCUT2D eigenvalue weighted by atomic mass is 10.2. The van der Waals surface area contributed by atoms with Crippen molar-refractivity contribution in [2.24, 2.45) is 0 Å². The number of carboxylic acid groups (broad SMARTS) is 1. The fourth-order valence-corrected chi connectivity index (χ4v) is 3.02. The Hall–Kier alpha value is -2.42. The number of alkyl halides is 3. The second-order valence-electron chi connectivity index (χ2n) is 4.75. The van der Waals surface area contributed by atoms with Gasteiger partial charge in [0.1, 0.15) is 0 Å². The van der Waals surface area contributed by atoms with Crippen LogP contribution in [0.2, 0.25) is 0 Å². The molecule has 0 aromatic carbocycles. The van der Waals surface area contributed by atoms with Crippen LogP contribution in [0.15, 0.2) is 24.3 Å². The van der Waals surface area contributed by atoms with E-state index in [1.54, 1.807) is 6.07 Å². The lowest BCUT2D eigenvalue weighted by Crippen LogP contribution is -2.14. The van der Waals surface area contributed by atoms with Crippen LogP contribution in [0.1, 0.15) is 28.0 Å². The molecule has 0 fully saturated rings. The fraction of sp³-hybridized carbons (Fsp3) is 0.214. The predicted molar refractivity (Wildman–Crippen MR) is 77.6 cm³/mol. The average molecular weight is 341 g/mol. The van der Waals surface area contributed by atoms with E-state index >= 15 is 0 Å². The first-order chi connectivity index (χ1) is 10.8. The Balaban J connectivity index is 2.26. The minimum absolute atomic E-state index is 0.145. The molecule has 1 N–H and O–H groups in total. The highest BCUT2D eigenvalue weighted by Crippen LogP contribution is 2.34. The minimum Gasteiger partial charge on any atom is -0.476 e. The SMILES string of the molecule is CCc1ccc(-c2cc(C(F)(F)F)n3nc(C(=O)O)cc3n2)s1. The van der Waals surface area contributed by atoms with Crippen LogP contribution < -0.4 is 0 Å². The molecule has 0 aliphatic rings. The molecule has 5 nitrogen and oxygen atoms in total. The van der Waals surface area contributed by atoms with Gasteiger partial charge in [0.15, 0.2) is 17.0 Å². The molecule has 0 spiro atoms. The summed E-state index contributed by atoms with van der Waals surface area (Å²) in [6.07, 6.45) is -3.91. The van der Waals surface area contributed by atoms with Crippen molar-refractivity contribution in [3.8, 4) is 10.6 Å². The Morgan fingerprint density at radius 2 is 2.09 bits per heavy atom. The summed E-state index contributed by atoms with van der Waals surface area (Å²) in [5.74, 6) is -1.41. The molecular formula is C14H10F3N3O2S. The number of rotatable bonds is 3. The third-order valence-corrected chi connectivity index (χ3v) is 4.45. The van der Waals surface area contributed by atoms with Gasteiger partial charge in [-0.05, 0) is 24.6 Å². The Bertz CT molecular complexity index is 898. The third-order valence-electron chi connectivity index (χ3n) is 3.20. The number of aryl methyl sites for hydroxylation is 1. The smallest absolute Gasteiger partial charge is 0.433 e. The number of halogens is 3. The van der Waals surface area contributed by atoms with Gasteiger partial charge in [-0.3, -0.25) is 0 Å². The van der Waals surface area contributed by atoms with Gasteiger partial charge in [-0.25, -0.2) is 14.3 Å². The van der Waals surface area contributed by atoms with Crippen LogP contribution in [-0.4, -0.2) is 25.7 Å². The number of aromatic carboxylic acids is 1. The molecule has 0 bridgehead atoms. The molecule has 0 saturated carbocycles. The summed E-state index contributed by atoms with van der Waals surface area (Å²) in [5, 5.41) is 12.4. The number of carbonyl (C=O) groups is 1. The topological polar surface area (TPSA) is 67.5 Å². The number of nitrogens with zero attached hydrogens (tertiary/aromatic N) is 3. The second kappa shape index (κ2) is 5.34. The molecule has 9 heteroatoms. The minimum atomic E-state index is -4.68. The summed E-state index contributed by atoms with van der Waals surface area (Å²) in [6.45, 7) is 1.95. The van der Waals surface area contributed by atoms with E-state index < -0.39 is 23.5 Å². The van der Waals surface area contributed by atoms with Gasteiger partial charge in [-0.2, -0.15) is 18.3 Å². The van der Waals surface area contributed by atoms with Crippen LogP contribution in [0.25, 0.3) is 16.2 Å². The second-order valence-corrected chi connectivity index (χ2v) is 5.92. The highest BCUT2D eigenvalue weighted by molar-refractivity contribution is 7.15. The van der Waals surface area contributed by atoms with Gasteiger partial charge in [0, 0.05) is 10.9 Å². The summed E-state index contributed by atoms with van der Waals surface area (Å²) < 4.78 is 40.3. The largest absolute Gasteiger partial charge is 0.476 e. The first kappa shape index (κ1) is 15.5. The summed E-state index contributed by atoms with van der Waals surface area (Å²) in [6, 6.07) is 5.45. The maximum Gasteiger partial charge on any atom is 0.433 e. The Kier molecular flexibility index (Phi) is 3.59. The molecule has 0 atom stereocenters. The zero-order chi connectivity index (χ0) is 16.8. The van der Waals surface area contributed by atoms with Crippen LogP contribution in [0.3, 0.4) is 0 Å². The molecule has 0 saturated heterocycles. The van der Waals surface area contributed by atoms with Crippen LogP contribution in [0.5, 0.6) is 0 Å². The van der Waals surface area contributed by atoms with Crippen molar-refractivity contribution >= 4 is 23.0 Å². The summed E-state index contributed by atoms with van der Waals surface area (Å²) in [7, 11) is 0. The molecular weight excluding hydrogens is 331 g/mol. The van der Waals surface area contributed by atoms with E-state index in [1.165, 1.54) is 11.3 Å². The van der Waals surface area contributed by atoms with Crippen LogP contribution >= 0.6 is 11.3 Å². The molecule has 0 unspecified atom stereocenters. The van der Waals surface area contributed by atoms with Gasteiger partial charge in [0.05, 0.1) is 10.6 Å². The Labute approximate surface area is 132 Å². The number of fused-ring (bicyclic) bond motifs is 1. The van der Waals surface area contributed by atoms with Crippen molar-refractivity contribution in [1.29, 1.82) is 0 Å². The lowest BCUT2D eigenvalue weighted by Gasteiger charge is -2.10. The van der Waals surface area contributed by atoms with Gasteiger partial charge < -0.3 is 5.11 Å². The number of hydrogen-bond acceptors (Lipinski definition) is 4. The molecule has 3 rings (SSSR count). The van der Waals surface area contributed by atoms with Crippen molar-refractivity contribution < 1.29 is 23.1 Å². The zero-order valence-electron chi connectivity index (χ0n) is 11.8. The van der Waals surface area contributed by atoms with Crippen LogP contribution in [-0.2, 0) is 12.6 Å². The van der Waals surface area contributed by atoms with E-state index in [1.807, 2.05) is 13.0 Å². The van der Waals surface area contributed by atoms with Crippen LogP contribution in [0.4, 0.5) is 13.2 Å². The number of thiophene rings is 1. The first-order valence-electron chi connectivity index (χ1n) is 6.60. The maximum absolute atomic E-state index is 13.3. The highest BCUT2D eigenvalue weighted by Gasteiger charge is 2.35. The van der Waals surface area contributed by atoms with E-state index in [9.17, 15) is 18.0 Å². The van der Waals surface area contributed by atoms with Crippen LogP contribution in [0, 0.1) is 0 Å². The standard InChI is InChI=1S/C14H10F3N3O2S/c1-2-7-3-4-10(23-7)8-5-11(14(15,16)17)20-12(18-8)6-9(19-20)13(21)22/h3-6H,2H2,1H3,(H,21,22). The molecule has 120 valence electrons. The molecule has 3 heterocycles. The molecule has 0 aliphatic carbocycles. The molecule has 0 aliphatic heterocycles. The number of hydrogen-bond donors (Lipinski definition) is 1. The van der Waals surface area contributed by atoms with E-state index in [2.05, 4.69) is 10.1 Å². The molecule has 3 aromatic heterocycles.